The van der Waals surface area contributed by atoms with Crippen LogP contribution < -0.4 is 19.9 Å². The van der Waals surface area contributed by atoms with Gasteiger partial charge in [-0.1, -0.05) is 0 Å². The normalized spacial score (nSPS) is 16.0. The smallest absolute Gasteiger partial charge is 0.263 e. The van der Waals surface area contributed by atoms with Crippen molar-refractivity contribution in [1.82, 2.24) is 9.47 Å². The number of halogens is 2. The molecule has 36 heavy (non-hydrogen) atoms. The Labute approximate surface area is 207 Å². The van der Waals surface area contributed by atoms with Crippen LogP contribution in [-0.4, -0.2) is 55.5 Å². The second-order valence-electron chi connectivity index (χ2n) is 9.23. The van der Waals surface area contributed by atoms with E-state index in [1.54, 1.807) is 11.0 Å². The second kappa shape index (κ2) is 10.2. The van der Waals surface area contributed by atoms with Gasteiger partial charge in [-0.3, -0.25) is 14.2 Å². The molecule has 0 unspecified atom stereocenters. The molecule has 9 heteroatoms. The lowest BCUT2D eigenvalue weighted by Crippen LogP contribution is -2.36. The highest BCUT2D eigenvalue weighted by atomic mass is 19.1. The van der Waals surface area contributed by atoms with Crippen LogP contribution in [0.4, 0.5) is 14.5 Å². The van der Waals surface area contributed by atoms with Gasteiger partial charge < -0.3 is 19.3 Å². The third-order valence-corrected chi connectivity index (χ3v) is 7.00. The molecular formula is C27H29F2N3O4. The standard InChI is InChI=1S/C27H29F2N3O4/c1-35-24-14-21-22(15-25(24)36-17-28)27(34)32(16-23(21)26(33)31-9-3-2-4-10-31)20-12-18(29)11-19(13-20)30-7-5-6-8-30/h11-16H,2-10,17H2,1H3. The lowest BCUT2D eigenvalue weighted by molar-refractivity contribution is 0.0725. The first-order valence-corrected chi connectivity index (χ1v) is 12.3. The number of carbonyl (C=O) groups excluding carboxylic acids is 1. The maximum absolute atomic E-state index is 14.7. The lowest BCUT2D eigenvalue weighted by Gasteiger charge is -2.27. The van der Waals surface area contributed by atoms with Crippen molar-refractivity contribution in [2.45, 2.75) is 32.1 Å². The number of ether oxygens (including phenoxy) is 2. The molecule has 0 aliphatic carbocycles. The van der Waals surface area contributed by atoms with E-state index in [1.807, 2.05) is 0 Å². The summed E-state index contributed by atoms with van der Waals surface area (Å²) in [7, 11) is 1.41. The van der Waals surface area contributed by atoms with Crippen molar-refractivity contribution in [1.29, 1.82) is 0 Å². The molecule has 0 bridgehead atoms. The maximum atomic E-state index is 14.7. The van der Waals surface area contributed by atoms with Crippen LogP contribution in [0.2, 0.25) is 0 Å². The molecule has 5 rings (SSSR count). The molecule has 0 radical (unpaired) electrons. The van der Waals surface area contributed by atoms with Crippen LogP contribution in [0, 0.1) is 5.82 Å². The number of nitrogens with zero attached hydrogens (tertiary/aromatic N) is 3. The number of rotatable bonds is 6. The van der Waals surface area contributed by atoms with E-state index >= 15 is 0 Å². The molecule has 2 aromatic carbocycles. The number of pyridine rings is 1. The number of piperidine rings is 1. The molecule has 1 amide bonds. The van der Waals surface area contributed by atoms with Gasteiger partial charge in [0.15, 0.2) is 11.5 Å². The minimum Gasteiger partial charge on any atom is -0.493 e. The molecule has 7 nitrogen and oxygen atoms in total. The van der Waals surface area contributed by atoms with Crippen molar-refractivity contribution < 1.29 is 23.0 Å². The van der Waals surface area contributed by atoms with Crippen LogP contribution >= 0.6 is 0 Å². The number of likely N-dealkylation sites (tertiary alicyclic amines) is 1. The number of benzene rings is 2. The van der Waals surface area contributed by atoms with Gasteiger partial charge in [0.1, 0.15) is 5.82 Å². The summed E-state index contributed by atoms with van der Waals surface area (Å²) >= 11 is 0. The average Bonchev–Trinajstić information content (AvgIpc) is 3.44. The third kappa shape index (κ3) is 4.50. The Morgan fingerprint density at radius 3 is 2.25 bits per heavy atom. The number of alkyl halides is 1. The van der Waals surface area contributed by atoms with Crippen LogP contribution in [0.25, 0.3) is 16.5 Å². The number of anilines is 1. The molecule has 0 spiro atoms. The number of amides is 1. The molecule has 2 aliphatic heterocycles. The molecule has 3 aromatic rings. The van der Waals surface area contributed by atoms with E-state index in [0.29, 0.717) is 35.4 Å². The zero-order valence-corrected chi connectivity index (χ0v) is 20.3. The number of methoxy groups -OCH3 is 1. The summed E-state index contributed by atoms with van der Waals surface area (Å²) in [5.74, 6) is -0.421. The fourth-order valence-electron chi connectivity index (χ4n) is 5.16. The summed E-state index contributed by atoms with van der Waals surface area (Å²) in [5, 5.41) is 0.542. The van der Waals surface area contributed by atoms with Crippen LogP contribution in [0.1, 0.15) is 42.5 Å². The largest absolute Gasteiger partial charge is 0.493 e. The van der Waals surface area contributed by atoms with Gasteiger partial charge >= 0.3 is 0 Å². The van der Waals surface area contributed by atoms with Gasteiger partial charge in [-0.2, -0.15) is 0 Å². The van der Waals surface area contributed by atoms with E-state index in [2.05, 4.69) is 4.90 Å². The minimum atomic E-state index is -1.11. The summed E-state index contributed by atoms with van der Waals surface area (Å²) in [6, 6.07) is 7.42. The van der Waals surface area contributed by atoms with Gasteiger partial charge in [-0.05, 0) is 62.4 Å². The lowest BCUT2D eigenvalue weighted by atomic mass is 10.0. The maximum Gasteiger partial charge on any atom is 0.263 e. The predicted octanol–water partition coefficient (Wildman–Crippen LogP) is 4.67. The first-order valence-electron chi connectivity index (χ1n) is 12.3. The Morgan fingerprint density at radius 2 is 1.56 bits per heavy atom. The zero-order chi connectivity index (χ0) is 25.2. The van der Waals surface area contributed by atoms with E-state index in [0.717, 1.165) is 45.2 Å². The van der Waals surface area contributed by atoms with E-state index < -0.39 is 18.2 Å². The van der Waals surface area contributed by atoms with Crippen molar-refractivity contribution in [2.75, 3.05) is 45.0 Å². The Kier molecular flexibility index (Phi) is 6.80. The molecule has 0 atom stereocenters. The van der Waals surface area contributed by atoms with E-state index in [9.17, 15) is 18.4 Å². The highest BCUT2D eigenvalue weighted by Gasteiger charge is 2.25. The molecule has 2 fully saturated rings. The first kappa shape index (κ1) is 24.1. The molecule has 190 valence electrons. The predicted molar refractivity (Wildman–Crippen MR) is 134 cm³/mol. The van der Waals surface area contributed by atoms with Gasteiger partial charge in [0, 0.05) is 43.4 Å². The Bertz CT molecular complexity index is 1350. The van der Waals surface area contributed by atoms with Crippen LogP contribution in [0.5, 0.6) is 11.5 Å². The fraction of sp³-hybridized carbons (Fsp3) is 0.407. The van der Waals surface area contributed by atoms with Gasteiger partial charge in [0.25, 0.3) is 11.5 Å². The first-order chi connectivity index (χ1) is 17.5. The topological polar surface area (TPSA) is 64.0 Å². The highest BCUT2D eigenvalue weighted by molar-refractivity contribution is 6.07. The molecular weight excluding hydrogens is 468 g/mol. The van der Waals surface area contributed by atoms with Crippen LogP contribution in [-0.2, 0) is 0 Å². The number of carbonyl (C=O) groups is 1. The second-order valence-corrected chi connectivity index (χ2v) is 9.23. The Balaban J connectivity index is 1.73. The average molecular weight is 498 g/mol. The fourth-order valence-corrected chi connectivity index (χ4v) is 5.16. The van der Waals surface area contributed by atoms with Crippen LogP contribution in [0.3, 0.4) is 0 Å². The van der Waals surface area contributed by atoms with E-state index in [-0.39, 0.29) is 22.8 Å². The highest BCUT2D eigenvalue weighted by Crippen LogP contribution is 2.34. The Morgan fingerprint density at radius 1 is 0.889 bits per heavy atom. The quantitative estimate of drug-likeness (QED) is 0.495. The number of fused-ring (bicyclic) bond motifs is 1. The van der Waals surface area contributed by atoms with Crippen molar-refractivity contribution in [2.24, 2.45) is 0 Å². The van der Waals surface area contributed by atoms with E-state index in [4.69, 9.17) is 9.47 Å². The van der Waals surface area contributed by atoms with Gasteiger partial charge in [-0.25, -0.2) is 8.78 Å². The van der Waals surface area contributed by atoms with Crippen molar-refractivity contribution in [3.05, 3.63) is 58.3 Å². The minimum absolute atomic E-state index is 0.0516. The van der Waals surface area contributed by atoms with Gasteiger partial charge in [0.2, 0.25) is 6.86 Å². The number of aromatic nitrogens is 1. The molecule has 0 N–H and O–H groups in total. The van der Waals surface area contributed by atoms with Crippen molar-refractivity contribution in [3.8, 4) is 17.2 Å². The number of hydrogen-bond acceptors (Lipinski definition) is 5. The molecule has 1 aromatic heterocycles. The summed E-state index contributed by atoms with van der Waals surface area (Å²) < 4.78 is 39.5. The summed E-state index contributed by atoms with van der Waals surface area (Å²) in [4.78, 5) is 31.2. The molecule has 2 aliphatic rings. The van der Waals surface area contributed by atoms with Gasteiger partial charge in [0.05, 0.1) is 23.7 Å². The number of hydrogen-bond donors (Lipinski definition) is 0. The molecule has 3 heterocycles. The third-order valence-electron chi connectivity index (χ3n) is 7.00. The zero-order valence-electron chi connectivity index (χ0n) is 20.3. The van der Waals surface area contributed by atoms with E-state index in [1.165, 1.54) is 42.1 Å². The summed E-state index contributed by atoms with van der Waals surface area (Å²) in [5.41, 5.74) is 0.836. The Hall–Kier alpha value is -3.62. The van der Waals surface area contributed by atoms with Gasteiger partial charge in [-0.15, -0.1) is 0 Å². The SMILES string of the molecule is COc1cc2c(C(=O)N3CCCCC3)cn(-c3cc(F)cc(N4CCCC4)c3)c(=O)c2cc1OCF. The monoisotopic (exact) mass is 497 g/mol. The summed E-state index contributed by atoms with van der Waals surface area (Å²) in [6.07, 6.45) is 6.41. The van der Waals surface area contributed by atoms with Crippen molar-refractivity contribution in [3.63, 3.8) is 0 Å². The molecule has 2 saturated heterocycles. The van der Waals surface area contributed by atoms with Crippen LogP contribution in [0.15, 0.2) is 41.3 Å². The molecule has 0 saturated carbocycles. The summed E-state index contributed by atoms with van der Waals surface area (Å²) in [6.45, 7) is 1.78. The van der Waals surface area contributed by atoms with Crippen molar-refractivity contribution >= 4 is 22.4 Å².